The highest BCUT2D eigenvalue weighted by atomic mass is 32.2. The summed E-state index contributed by atoms with van der Waals surface area (Å²) in [5.74, 6) is 0.0327. The molecule has 1 amide bonds. The van der Waals surface area contributed by atoms with E-state index >= 15 is 0 Å². The van der Waals surface area contributed by atoms with Crippen LogP contribution in [0.3, 0.4) is 0 Å². The van der Waals surface area contributed by atoms with E-state index in [4.69, 9.17) is 4.99 Å². The summed E-state index contributed by atoms with van der Waals surface area (Å²) in [6, 6.07) is 20.5. The Morgan fingerprint density at radius 1 is 1.00 bits per heavy atom. The van der Waals surface area contributed by atoms with Crippen molar-refractivity contribution < 1.29 is 4.79 Å². The van der Waals surface area contributed by atoms with Crippen LogP contribution in [0, 0.1) is 13.8 Å². The second-order valence-electron chi connectivity index (χ2n) is 7.94. The molecule has 1 fully saturated rings. The maximum absolute atomic E-state index is 13.2. The lowest BCUT2D eigenvalue weighted by molar-refractivity contribution is -0.122. The van der Waals surface area contributed by atoms with Crippen molar-refractivity contribution in [1.29, 1.82) is 0 Å². The number of amidine groups is 1. The summed E-state index contributed by atoms with van der Waals surface area (Å²) in [6.45, 7) is 9.17. The van der Waals surface area contributed by atoms with Crippen LogP contribution in [0.1, 0.15) is 42.8 Å². The topological polar surface area (TPSA) is 37.6 Å². The van der Waals surface area contributed by atoms with Crippen molar-refractivity contribution in [2.75, 3.05) is 6.54 Å². The normalized spacial score (nSPS) is 16.5. The molecule has 1 aliphatic rings. The number of rotatable bonds is 6. The monoisotopic (exact) mass is 443 g/mol. The number of carbonyl (C=O) groups is 1. The molecule has 0 N–H and O–H groups in total. The molecular formula is C27H29N3OS. The molecule has 0 unspecified atom stereocenters. The van der Waals surface area contributed by atoms with Crippen molar-refractivity contribution >= 4 is 34.6 Å². The van der Waals surface area contributed by atoms with Gasteiger partial charge in [-0.15, -0.1) is 0 Å². The van der Waals surface area contributed by atoms with Crippen LogP contribution in [0.25, 0.3) is 11.8 Å². The van der Waals surface area contributed by atoms with Gasteiger partial charge in [-0.05, 0) is 79.9 Å². The van der Waals surface area contributed by atoms with Gasteiger partial charge in [-0.2, -0.15) is 0 Å². The van der Waals surface area contributed by atoms with Crippen LogP contribution in [0.2, 0.25) is 0 Å². The second kappa shape index (κ2) is 9.61. The minimum atomic E-state index is 0.0327. The van der Waals surface area contributed by atoms with Crippen molar-refractivity contribution in [1.82, 2.24) is 9.47 Å². The Kier molecular flexibility index (Phi) is 6.66. The SMILES string of the molecule is CCCN1C(=O)/C(=C/c2cc(C)n(-c3ccccc3CC)c2C)SC1=Nc1ccccc1. The van der Waals surface area contributed by atoms with E-state index in [1.165, 1.54) is 23.0 Å². The number of hydrogen-bond donors (Lipinski definition) is 0. The molecule has 4 nitrogen and oxygen atoms in total. The lowest BCUT2D eigenvalue weighted by Gasteiger charge is -2.14. The van der Waals surface area contributed by atoms with E-state index in [0.29, 0.717) is 6.54 Å². The third-order valence-corrected chi connectivity index (χ3v) is 6.69. The van der Waals surface area contributed by atoms with E-state index in [1.807, 2.05) is 36.4 Å². The van der Waals surface area contributed by atoms with Gasteiger partial charge in [0.25, 0.3) is 5.91 Å². The fourth-order valence-electron chi connectivity index (χ4n) is 4.10. The van der Waals surface area contributed by atoms with Gasteiger partial charge < -0.3 is 4.57 Å². The van der Waals surface area contributed by atoms with Crippen LogP contribution >= 0.6 is 11.8 Å². The first-order chi connectivity index (χ1) is 15.5. The molecule has 32 heavy (non-hydrogen) atoms. The number of thioether (sulfide) groups is 1. The van der Waals surface area contributed by atoms with E-state index in [1.54, 1.807) is 4.90 Å². The Balaban J connectivity index is 1.73. The average Bonchev–Trinajstić information content (AvgIpc) is 3.24. The fourth-order valence-corrected chi connectivity index (χ4v) is 5.11. The van der Waals surface area contributed by atoms with E-state index < -0.39 is 0 Å². The van der Waals surface area contributed by atoms with Crippen LogP contribution < -0.4 is 0 Å². The highest BCUT2D eigenvalue weighted by Crippen LogP contribution is 2.35. The maximum atomic E-state index is 13.2. The molecule has 4 rings (SSSR count). The summed E-state index contributed by atoms with van der Waals surface area (Å²) in [4.78, 5) is 20.5. The summed E-state index contributed by atoms with van der Waals surface area (Å²) in [5, 5.41) is 0.749. The molecule has 3 aromatic rings. The second-order valence-corrected chi connectivity index (χ2v) is 8.95. The molecule has 2 heterocycles. The third kappa shape index (κ3) is 4.30. The van der Waals surface area contributed by atoms with Gasteiger partial charge in [-0.1, -0.05) is 50.2 Å². The maximum Gasteiger partial charge on any atom is 0.266 e. The Hall–Kier alpha value is -3.05. The number of hydrogen-bond acceptors (Lipinski definition) is 3. The fraction of sp³-hybridized carbons (Fsp3) is 0.259. The van der Waals surface area contributed by atoms with Crippen molar-refractivity contribution in [3.05, 3.63) is 88.1 Å². The molecule has 0 radical (unpaired) electrons. The molecule has 2 aromatic carbocycles. The van der Waals surface area contributed by atoms with Crippen LogP contribution in [0.4, 0.5) is 5.69 Å². The Morgan fingerprint density at radius 2 is 1.72 bits per heavy atom. The number of aromatic nitrogens is 1. The zero-order valence-electron chi connectivity index (χ0n) is 19.1. The van der Waals surface area contributed by atoms with Gasteiger partial charge in [0.1, 0.15) is 0 Å². The van der Waals surface area contributed by atoms with Gasteiger partial charge >= 0.3 is 0 Å². The summed E-state index contributed by atoms with van der Waals surface area (Å²) in [7, 11) is 0. The minimum absolute atomic E-state index is 0.0327. The van der Waals surface area contributed by atoms with Gasteiger partial charge in [-0.25, -0.2) is 4.99 Å². The molecule has 1 saturated heterocycles. The molecule has 0 aliphatic carbocycles. The number of para-hydroxylation sites is 2. The first-order valence-corrected chi connectivity index (χ1v) is 12.0. The Bertz CT molecular complexity index is 1190. The zero-order valence-corrected chi connectivity index (χ0v) is 19.9. The van der Waals surface area contributed by atoms with Crippen molar-refractivity contribution in [2.45, 2.75) is 40.5 Å². The number of aliphatic imine (C=N–C) groups is 1. The van der Waals surface area contributed by atoms with Gasteiger partial charge in [0.15, 0.2) is 5.17 Å². The molecule has 5 heteroatoms. The van der Waals surface area contributed by atoms with Gasteiger partial charge in [0.05, 0.1) is 10.6 Å². The largest absolute Gasteiger partial charge is 0.318 e. The summed E-state index contributed by atoms with van der Waals surface area (Å²) >= 11 is 1.46. The molecule has 0 bridgehead atoms. The van der Waals surface area contributed by atoms with Crippen LogP contribution in [-0.4, -0.2) is 27.1 Å². The van der Waals surface area contributed by atoms with Crippen molar-refractivity contribution in [2.24, 2.45) is 4.99 Å². The molecule has 1 aromatic heterocycles. The van der Waals surface area contributed by atoms with Gasteiger partial charge in [0.2, 0.25) is 0 Å². The zero-order chi connectivity index (χ0) is 22.7. The van der Waals surface area contributed by atoms with Crippen molar-refractivity contribution in [3.8, 4) is 5.69 Å². The van der Waals surface area contributed by atoms with Gasteiger partial charge in [-0.3, -0.25) is 9.69 Å². The van der Waals surface area contributed by atoms with Crippen LogP contribution in [-0.2, 0) is 11.2 Å². The third-order valence-electron chi connectivity index (χ3n) is 5.69. The first-order valence-electron chi connectivity index (χ1n) is 11.2. The molecule has 164 valence electrons. The number of amides is 1. The summed E-state index contributed by atoms with van der Waals surface area (Å²) in [5.41, 5.74) is 6.75. The number of aryl methyl sites for hydroxylation is 2. The Morgan fingerprint density at radius 3 is 2.44 bits per heavy atom. The van der Waals surface area contributed by atoms with E-state index in [2.05, 4.69) is 62.6 Å². The average molecular weight is 444 g/mol. The van der Waals surface area contributed by atoms with E-state index in [0.717, 1.165) is 45.6 Å². The van der Waals surface area contributed by atoms with Crippen molar-refractivity contribution in [3.63, 3.8) is 0 Å². The smallest absolute Gasteiger partial charge is 0.266 e. The highest BCUT2D eigenvalue weighted by molar-refractivity contribution is 8.18. The number of carbonyl (C=O) groups excluding carboxylic acids is 1. The number of benzene rings is 2. The molecule has 0 saturated carbocycles. The summed E-state index contributed by atoms with van der Waals surface area (Å²) in [6.07, 6.45) is 3.88. The van der Waals surface area contributed by atoms with E-state index in [-0.39, 0.29) is 5.91 Å². The first kappa shape index (κ1) is 22.2. The predicted molar refractivity (Wildman–Crippen MR) is 136 cm³/mol. The lowest BCUT2D eigenvalue weighted by Crippen LogP contribution is -2.29. The number of nitrogens with zero attached hydrogens (tertiary/aromatic N) is 3. The molecule has 0 spiro atoms. The van der Waals surface area contributed by atoms with Crippen LogP contribution in [0.5, 0.6) is 0 Å². The summed E-state index contributed by atoms with van der Waals surface area (Å²) < 4.78 is 2.29. The van der Waals surface area contributed by atoms with Crippen LogP contribution in [0.15, 0.2) is 70.6 Å². The Labute approximate surface area is 194 Å². The molecular weight excluding hydrogens is 414 g/mol. The van der Waals surface area contributed by atoms with Gasteiger partial charge in [0, 0.05) is 23.6 Å². The minimum Gasteiger partial charge on any atom is -0.318 e. The highest BCUT2D eigenvalue weighted by Gasteiger charge is 2.33. The molecule has 1 aliphatic heterocycles. The standard InChI is InChI=1S/C27H29N3OS/c1-5-16-29-26(31)25(32-27(29)28-23-13-8-7-9-14-23)18-22-17-19(3)30(20(22)4)24-15-11-10-12-21(24)6-2/h7-15,17-18H,5-6,16H2,1-4H3/b25-18-,28-27?. The lowest BCUT2D eigenvalue weighted by atomic mass is 10.1. The predicted octanol–water partition coefficient (Wildman–Crippen LogP) is 6.67. The van der Waals surface area contributed by atoms with E-state index in [9.17, 15) is 4.79 Å². The molecule has 0 atom stereocenters. The quantitative estimate of drug-likeness (QED) is 0.399.